The maximum absolute atomic E-state index is 12.4. The molecular weight excluding hydrogens is 284 g/mol. The average molecular weight is 306 g/mol. The van der Waals surface area contributed by atoms with Crippen molar-refractivity contribution < 1.29 is 17.9 Å². The first kappa shape index (κ1) is 15.6. The van der Waals surface area contributed by atoms with Crippen molar-refractivity contribution >= 4 is 16.1 Å². The molecule has 2 saturated heterocycles. The number of carbonyl (C=O) groups is 1. The zero-order valence-corrected chi connectivity index (χ0v) is 12.4. The summed E-state index contributed by atoms with van der Waals surface area (Å²) in [6, 6.07) is 0.0452. The van der Waals surface area contributed by atoms with E-state index in [1.807, 2.05) is 6.92 Å². The minimum absolute atomic E-state index is 0.0301. The van der Waals surface area contributed by atoms with Gasteiger partial charge in [0.2, 0.25) is 5.91 Å². The van der Waals surface area contributed by atoms with Crippen LogP contribution in [0.4, 0.5) is 0 Å². The van der Waals surface area contributed by atoms with Crippen LogP contribution in [0, 0.1) is 5.92 Å². The number of piperazine rings is 1. The third-order valence-electron chi connectivity index (χ3n) is 3.77. The molecule has 1 amide bonds. The molecule has 20 heavy (non-hydrogen) atoms. The van der Waals surface area contributed by atoms with Crippen molar-refractivity contribution in [1.82, 2.24) is 14.5 Å². The van der Waals surface area contributed by atoms with E-state index in [4.69, 9.17) is 9.88 Å². The SMILES string of the molecule is CCNC1COCC1C(=O)N1CCN(S(N)(=O)=O)CC1. The summed E-state index contributed by atoms with van der Waals surface area (Å²) in [6.07, 6.45) is 0. The number of hydrogen-bond donors (Lipinski definition) is 2. The first-order chi connectivity index (χ1) is 9.43. The van der Waals surface area contributed by atoms with Gasteiger partial charge in [-0.2, -0.15) is 12.7 Å². The molecule has 2 aliphatic rings. The van der Waals surface area contributed by atoms with Gasteiger partial charge in [0.15, 0.2) is 0 Å². The van der Waals surface area contributed by atoms with E-state index in [0.29, 0.717) is 26.3 Å². The van der Waals surface area contributed by atoms with Crippen LogP contribution < -0.4 is 10.5 Å². The van der Waals surface area contributed by atoms with Gasteiger partial charge in [0, 0.05) is 32.2 Å². The second kappa shape index (κ2) is 6.35. The molecule has 0 aromatic carbocycles. The molecule has 2 aliphatic heterocycles. The van der Waals surface area contributed by atoms with Gasteiger partial charge < -0.3 is 15.0 Å². The molecule has 2 heterocycles. The van der Waals surface area contributed by atoms with Crippen LogP contribution in [-0.2, 0) is 19.7 Å². The summed E-state index contributed by atoms with van der Waals surface area (Å²) in [5, 5.41) is 8.33. The van der Waals surface area contributed by atoms with Gasteiger partial charge >= 0.3 is 0 Å². The topological polar surface area (TPSA) is 105 Å². The van der Waals surface area contributed by atoms with E-state index in [-0.39, 0.29) is 31.0 Å². The average Bonchev–Trinajstić information content (AvgIpc) is 2.86. The van der Waals surface area contributed by atoms with Crippen LogP contribution in [0.25, 0.3) is 0 Å². The lowest BCUT2D eigenvalue weighted by Crippen LogP contribution is -2.55. The van der Waals surface area contributed by atoms with Crippen molar-refractivity contribution in [2.24, 2.45) is 11.1 Å². The molecule has 0 aromatic heterocycles. The van der Waals surface area contributed by atoms with E-state index >= 15 is 0 Å². The van der Waals surface area contributed by atoms with Gasteiger partial charge in [-0.05, 0) is 6.54 Å². The zero-order valence-electron chi connectivity index (χ0n) is 11.6. The Kier molecular flexibility index (Phi) is 4.97. The standard InChI is InChI=1S/C11H22N4O4S/c1-2-13-10-8-19-7-9(10)11(16)14-3-5-15(6-4-14)20(12,17)18/h9-10,13H,2-8H2,1H3,(H2,12,17,18). The maximum atomic E-state index is 12.4. The molecule has 9 heteroatoms. The van der Waals surface area contributed by atoms with Crippen LogP contribution in [0.1, 0.15) is 6.92 Å². The number of rotatable bonds is 4. The fourth-order valence-corrected chi connectivity index (χ4v) is 3.33. The van der Waals surface area contributed by atoms with E-state index in [2.05, 4.69) is 5.32 Å². The number of ether oxygens (including phenoxy) is 1. The number of nitrogens with two attached hydrogens (primary N) is 1. The molecule has 0 aliphatic carbocycles. The number of likely N-dealkylation sites (N-methyl/N-ethyl adjacent to an activating group) is 1. The van der Waals surface area contributed by atoms with Crippen molar-refractivity contribution in [3.63, 3.8) is 0 Å². The lowest BCUT2D eigenvalue weighted by molar-refractivity contribution is -0.137. The Hall–Kier alpha value is -0.740. The van der Waals surface area contributed by atoms with Crippen molar-refractivity contribution in [1.29, 1.82) is 0 Å². The number of amides is 1. The van der Waals surface area contributed by atoms with Gasteiger partial charge in [-0.25, -0.2) is 5.14 Å². The van der Waals surface area contributed by atoms with E-state index in [0.717, 1.165) is 6.54 Å². The smallest absolute Gasteiger partial charge is 0.277 e. The molecule has 0 radical (unpaired) electrons. The van der Waals surface area contributed by atoms with Crippen LogP contribution in [0.2, 0.25) is 0 Å². The largest absolute Gasteiger partial charge is 0.379 e. The molecule has 2 fully saturated rings. The third kappa shape index (κ3) is 3.47. The van der Waals surface area contributed by atoms with Crippen molar-refractivity contribution in [2.45, 2.75) is 13.0 Å². The number of nitrogens with one attached hydrogen (secondary N) is 1. The lowest BCUT2D eigenvalue weighted by atomic mass is 10.0. The monoisotopic (exact) mass is 306 g/mol. The van der Waals surface area contributed by atoms with Gasteiger partial charge in [-0.15, -0.1) is 0 Å². The van der Waals surface area contributed by atoms with Gasteiger partial charge in [0.25, 0.3) is 10.2 Å². The molecule has 2 unspecified atom stereocenters. The minimum atomic E-state index is -3.66. The highest BCUT2D eigenvalue weighted by Gasteiger charge is 2.37. The van der Waals surface area contributed by atoms with E-state index in [9.17, 15) is 13.2 Å². The molecule has 0 bridgehead atoms. The Morgan fingerprint density at radius 1 is 1.30 bits per heavy atom. The third-order valence-corrected chi connectivity index (χ3v) is 4.86. The molecule has 2 atom stereocenters. The van der Waals surface area contributed by atoms with Gasteiger partial charge in [-0.1, -0.05) is 6.92 Å². The summed E-state index contributed by atoms with van der Waals surface area (Å²) >= 11 is 0. The Morgan fingerprint density at radius 3 is 2.50 bits per heavy atom. The van der Waals surface area contributed by atoms with Gasteiger partial charge in [0.1, 0.15) is 0 Å². The van der Waals surface area contributed by atoms with Crippen molar-refractivity contribution in [3.8, 4) is 0 Å². The van der Waals surface area contributed by atoms with Crippen LogP contribution in [0.3, 0.4) is 0 Å². The van der Waals surface area contributed by atoms with Crippen molar-refractivity contribution in [2.75, 3.05) is 45.9 Å². The number of carbonyl (C=O) groups excluding carboxylic acids is 1. The van der Waals surface area contributed by atoms with E-state index in [1.165, 1.54) is 4.31 Å². The normalized spacial score (nSPS) is 28.8. The summed E-state index contributed by atoms with van der Waals surface area (Å²) in [7, 11) is -3.66. The van der Waals surface area contributed by atoms with E-state index < -0.39 is 10.2 Å². The highest BCUT2D eigenvalue weighted by atomic mass is 32.2. The Morgan fingerprint density at radius 2 is 1.95 bits per heavy atom. The molecule has 2 rings (SSSR count). The van der Waals surface area contributed by atoms with Crippen LogP contribution in [-0.4, -0.2) is 75.5 Å². The summed E-state index contributed by atoms with van der Waals surface area (Å²) in [4.78, 5) is 14.1. The quantitative estimate of drug-likeness (QED) is 0.622. The highest BCUT2D eigenvalue weighted by molar-refractivity contribution is 7.86. The number of hydrogen-bond acceptors (Lipinski definition) is 5. The highest BCUT2D eigenvalue weighted by Crippen LogP contribution is 2.18. The second-order valence-corrected chi connectivity index (χ2v) is 6.62. The first-order valence-corrected chi connectivity index (χ1v) is 8.31. The molecule has 8 nitrogen and oxygen atoms in total. The summed E-state index contributed by atoms with van der Waals surface area (Å²) in [5.41, 5.74) is 0. The Bertz CT molecular complexity index is 447. The maximum Gasteiger partial charge on any atom is 0.277 e. The molecule has 0 aromatic rings. The summed E-state index contributed by atoms with van der Waals surface area (Å²) < 4.78 is 29.0. The molecule has 0 saturated carbocycles. The Labute approximate surface area is 119 Å². The molecule has 116 valence electrons. The second-order valence-electron chi connectivity index (χ2n) is 5.08. The number of nitrogens with zero attached hydrogens (tertiary/aromatic N) is 2. The van der Waals surface area contributed by atoms with E-state index in [1.54, 1.807) is 4.90 Å². The first-order valence-electron chi connectivity index (χ1n) is 6.81. The predicted octanol–water partition coefficient (Wildman–Crippen LogP) is -2.04. The van der Waals surface area contributed by atoms with Crippen LogP contribution in [0.15, 0.2) is 0 Å². The molecule has 3 N–H and O–H groups in total. The molecular formula is C11H22N4O4S. The van der Waals surface area contributed by atoms with Gasteiger partial charge in [0.05, 0.1) is 19.1 Å². The van der Waals surface area contributed by atoms with Crippen molar-refractivity contribution in [3.05, 3.63) is 0 Å². The minimum Gasteiger partial charge on any atom is -0.379 e. The summed E-state index contributed by atoms with van der Waals surface area (Å²) in [6.45, 7) is 5.01. The fourth-order valence-electron chi connectivity index (χ4n) is 2.66. The Balaban J connectivity index is 1.91. The predicted molar refractivity (Wildman–Crippen MR) is 73.0 cm³/mol. The van der Waals surface area contributed by atoms with Gasteiger partial charge in [-0.3, -0.25) is 4.79 Å². The fraction of sp³-hybridized carbons (Fsp3) is 0.909. The molecule has 0 spiro atoms. The van der Waals surface area contributed by atoms with Crippen LogP contribution >= 0.6 is 0 Å². The van der Waals surface area contributed by atoms with Crippen LogP contribution in [0.5, 0.6) is 0 Å². The lowest BCUT2D eigenvalue weighted by Gasteiger charge is -2.35. The summed E-state index contributed by atoms with van der Waals surface area (Å²) in [5.74, 6) is -0.154. The zero-order chi connectivity index (χ0) is 14.8.